The van der Waals surface area contributed by atoms with Crippen LogP contribution < -0.4 is 11.1 Å². The van der Waals surface area contributed by atoms with Crippen LogP contribution in [0.25, 0.3) is 0 Å². The normalized spacial score (nSPS) is 11.3. The Morgan fingerprint density at radius 3 is 2.44 bits per heavy atom. The molecule has 1 aromatic rings. The smallest absolute Gasteiger partial charge is 0.254 e. The molecule has 0 saturated carbocycles. The first-order valence-corrected chi connectivity index (χ1v) is 6.41. The van der Waals surface area contributed by atoms with Crippen molar-refractivity contribution >= 4 is 11.6 Å². The van der Waals surface area contributed by atoms with Crippen molar-refractivity contribution in [3.05, 3.63) is 24.0 Å². The quantitative estimate of drug-likeness (QED) is 0.841. The third-order valence-electron chi connectivity index (χ3n) is 3.31. The first kappa shape index (κ1) is 14.5. The number of carbonyl (C=O) groups excluding carboxylic acids is 1. The van der Waals surface area contributed by atoms with Crippen LogP contribution in [0, 0.1) is 17.8 Å². The lowest BCUT2D eigenvalue weighted by Gasteiger charge is -2.25. The van der Waals surface area contributed by atoms with Crippen LogP contribution in [0.15, 0.2) is 18.5 Å². The molecule has 3 N–H and O–H groups in total. The second kappa shape index (κ2) is 6.38. The largest absolute Gasteiger partial charge is 0.398 e. The maximum Gasteiger partial charge on any atom is 0.254 e. The molecular formula is C14H23N3O. The Kier molecular flexibility index (Phi) is 5.13. The van der Waals surface area contributed by atoms with Gasteiger partial charge in [-0.15, -0.1) is 0 Å². The van der Waals surface area contributed by atoms with E-state index in [-0.39, 0.29) is 5.91 Å². The number of anilines is 1. The topological polar surface area (TPSA) is 68.0 Å². The van der Waals surface area contributed by atoms with Crippen molar-refractivity contribution in [1.29, 1.82) is 0 Å². The second-order valence-corrected chi connectivity index (χ2v) is 5.32. The van der Waals surface area contributed by atoms with E-state index >= 15 is 0 Å². The van der Waals surface area contributed by atoms with Crippen molar-refractivity contribution in [3.63, 3.8) is 0 Å². The molecule has 0 bridgehead atoms. The summed E-state index contributed by atoms with van der Waals surface area (Å²) in [6, 6.07) is 1.64. The summed E-state index contributed by atoms with van der Waals surface area (Å²) in [5.41, 5.74) is 6.66. The molecule has 0 unspecified atom stereocenters. The Balaban J connectivity index is 2.64. The first-order chi connectivity index (χ1) is 8.43. The van der Waals surface area contributed by atoms with Crippen molar-refractivity contribution in [1.82, 2.24) is 10.3 Å². The number of pyridine rings is 1. The summed E-state index contributed by atoms with van der Waals surface area (Å²) in [5, 5.41) is 2.94. The number of nitrogens with zero attached hydrogens (tertiary/aromatic N) is 1. The average Bonchev–Trinajstić information content (AvgIpc) is 2.28. The van der Waals surface area contributed by atoms with Crippen LogP contribution in [0.5, 0.6) is 0 Å². The zero-order valence-electron chi connectivity index (χ0n) is 11.6. The molecular weight excluding hydrogens is 226 g/mol. The minimum Gasteiger partial charge on any atom is -0.398 e. The van der Waals surface area contributed by atoms with E-state index in [1.54, 1.807) is 12.3 Å². The molecule has 0 aliphatic rings. The molecule has 4 heteroatoms. The van der Waals surface area contributed by atoms with Crippen LogP contribution in [0.4, 0.5) is 5.69 Å². The third kappa shape index (κ3) is 3.72. The number of amides is 1. The molecule has 0 aliphatic heterocycles. The Morgan fingerprint density at radius 1 is 1.33 bits per heavy atom. The predicted molar refractivity (Wildman–Crippen MR) is 74.1 cm³/mol. The lowest BCUT2D eigenvalue weighted by Crippen LogP contribution is -2.34. The van der Waals surface area contributed by atoms with Gasteiger partial charge in [0.15, 0.2) is 0 Å². The number of nitrogens with one attached hydrogen (secondary N) is 1. The van der Waals surface area contributed by atoms with E-state index < -0.39 is 0 Å². The highest BCUT2D eigenvalue weighted by molar-refractivity contribution is 5.98. The van der Waals surface area contributed by atoms with Crippen LogP contribution in [-0.2, 0) is 0 Å². The van der Waals surface area contributed by atoms with Crippen molar-refractivity contribution < 1.29 is 4.79 Å². The van der Waals surface area contributed by atoms with Gasteiger partial charge in [0.2, 0.25) is 0 Å². The number of carbonyl (C=O) groups is 1. The summed E-state index contributed by atoms with van der Waals surface area (Å²) in [6.07, 6.45) is 3.08. The summed E-state index contributed by atoms with van der Waals surface area (Å²) in [6.45, 7) is 9.37. The van der Waals surface area contributed by atoms with Crippen LogP contribution in [0.3, 0.4) is 0 Å². The summed E-state index contributed by atoms with van der Waals surface area (Å²) in [4.78, 5) is 15.9. The minimum absolute atomic E-state index is 0.146. The van der Waals surface area contributed by atoms with Gasteiger partial charge < -0.3 is 11.1 Å². The monoisotopic (exact) mass is 249 g/mol. The van der Waals surface area contributed by atoms with E-state index in [0.29, 0.717) is 35.5 Å². The molecule has 1 aromatic heterocycles. The highest BCUT2D eigenvalue weighted by Crippen LogP contribution is 2.19. The number of nitrogen functional groups attached to an aromatic ring is 1. The number of nitrogens with two attached hydrogens (primary N) is 1. The van der Waals surface area contributed by atoms with Gasteiger partial charge in [0.25, 0.3) is 5.91 Å². The van der Waals surface area contributed by atoms with Gasteiger partial charge in [-0.25, -0.2) is 0 Å². The number of hydrogen-bond donors (Lipinski definition) is 2. The van der Waals surface area contributed by atoms with Crippen molar-refractivity contribution in [3.8, 4) is 0 Å². The van der Waals surface area contributed by atoms with Crippen LogP contribution in [-0.4, -0.2) is 17.4 Å². The molecule has 0 fully saturated rings. The predicted octanol–water partition coefficient (Wildman–Crippen LogP) is 2.32. The van der Waals surface area contributed by atoms with Gasteiger partial charge in [0, 0.05) is 24.6 Å². The maximum atomic E-state index is 12.0. The highest BCUT2D eigenvalue weighted by atomic mass is 16.1. The van der Waals surface area contributed by atoms with Gasteiger partial charge in [-0.1, -0.05) is 27.7 Å². The fraction of sp³-hybridized carbons (Fsp3) is 0.571. The maximum absolute atomic E-state index is 12.0. The fourth-order valence-electron chi connectivity index (χ4n) is 2.14. The number of aromatic nitrogens is 1. The summed E-state index contributed by atoms with van der Waals surface area (Å²) >= 11 is 0. The van der Waals surface area contributed by atoms with E-state index in [2.05, 4.69) is 38.0 Å². The Morgan fingerprint density at radius 2 is 1.94 bits per heavy atom. The highest BCUT2D eigenvalue weighted by Gasteiger charge is 2.19. The van der Waals surface area contributed by atoms with E-state index in [9.17, 15) is 4.79 Å². The SMILES string of the molecule is CC(C)C(CNC(=O)c1cnccc1N)C(C)C. The zero-order valence-corrected chi connectivity index (χ0v) is 11.6. The molecule has 1 rings (SSSR count). The van der Waals surface area contributed by atoms with Gasteiger partial charge in [0.1, 0.15) is 0 Å². The molecule has 0 saturated heterocycles. The molecule has 0 aromatic carbocycles. The van der Waals surface area contributed by atoms with E-state index in [0.717, 1.165) is 0 Å². The van der Waals surface area contributed by atoms with Crippen LogP contribution >= 0.6 is 0 Å². The Labute approximate surface area is 109 Å². The lowest BCUT2D eigenvalue weighted by atomic mass is 9.85. The summed E-state index contributed by atoms with van der Waals surface area (Å²) in [7, 11) is 0. The molecule has 0 radical (unpaired) electrons. The molecule has 100 valence electrons. The lowest BCUT2D eigenvalue weighted by molar-refractivity contribution is 0.0937. The standard InChI is InChI=1S/C14H23N3O/c1-9(2)11(10(3)4)8-17-14(18)12-7-16-6-5-13(12)15/h5-7,9-11H,8H2,1-4H3,(H2,15,16)(H,17,18). The average molecular weight is 249 g/mol. The zero-order chi connectivity index (χ0) is 13.7. The van der Waals surface area contributed by atoms with Crippen molar-refractivity contribution in [2.75, 3.05) is 12.3 Å². The second-order valence-electron chi connectivity index (χ2n) is 5.32. The third-order valence-corrected chi connectivity index (χ3v) is 3.31. The molecule has 0 aliphatic carbocycles. The van der Waals surface area contributed by atoms with Crippen molar-refractivity contribution in [2.24, 2.45) is 17.8 Å². The van der Waals surface area contributed by atoms with Crippen LogP contribution in [0.1, 0.15) is 38.1 Å². The van der Waals surface area contributed by atoms with Gasteiger partial charge in [-0.2, -0.15) is 0 Å². The molecule has 1 heterocycles. The van der Waals surface area contributed by atoms with E-state index in [1.165, 1.54) is 6.20 Å². The molecule has 1 amide bonds. The van der Waals surface area contributed by atoms with E-state index in [1.807, 2.05) is 0 Å². The minimum atomic E-state index is -0.146. The Hall–Kier alpha value is -1.58. The first-order valence-electron chi connectivity index (χ1n) is 6.41. The molecule has 4 nitrogen and oxygen atoms in total. The molecule has 0 atom stereocenters. The molecule has 18 heavy (non-hydrogen) atoms. The van der Waals surface area contributed by atoms with Gasteiger partial charge >= 0.3 is 0 Å². The van der Waals surface area contributed by atoms with Crippen LogP contribution in [0.2, 0.25) is 0 Å². The van der Waals surface area contributed by atoms with E-state index in [4.69, 9.17) is 5.73 Å². The van der Waals surface area contributed by atoms with Gasteiger partial charge in [0.05, 0.1) is 5.56 Å². The number of hydrogen-bond acceptors (Lipinski definition) is 3. The number of rotatable bonds is 5. The summed E-state index contributed by atoms with van der Waals surface area (Å²) in [5.74, 6) is 1.40. The van der Waals surface area contributed by atoms with Crippen molar-refractivity contribution in [2.45, 2.75) is 27.7 Å². The van der Waals surface area contributed by atoms with Gasteiger partial charge in [-0.05, 0) is 23.8 Å². The Bertz CT molecular complexity index is 394. The fourth-order valence-corrected chi connectivity index (χ4v) is 2.14. The van der Waals surface area contributed by atoms with Gasteiger partial charge in [-0.3, -0.25) is 9.78 Å². The molecule has 0 spiro atoms. The summed E-state index contributed by atoms with van der Waals surface area (Å²) < 4.78 is 0.